The molecule has 0 saturated heterocycles. The van der Waals surface area contributed by atoms with Crippen molar-refractivity contribution in [1.82, 2.24) is 0 Å². The molecule has 0 aromatic heterocycles. The van der Waals surface area contributed by atoms with Crippen molar-refractivity contribution in [3.05, 3.63) is 0 Å². The lowest BCUT2D eigenvalue weighted by atomic mass is 9.64. The Kier molecular flexibility index (Phi) is 7.35. The Morgan fingerprint density at radius 3 is 0.741 bits per heavy atom. The van der Waals surface area contributed by atoms with Crippen LogP contribution in [0.5, 0.6) is 0 Å². The van der Waals surface area contributed by atoms with Gasteiger partial charge in [0.05, 0.1) is 0 Å². The van der Waals surface area contributed by atoms with E-state index in [0.29, 0.717) is 34.8 Å². The second-order valence-electron chi connectivity index (χ2n) is 10.8. The van der Waals surface area contributed by atoms with E-state index >= 15 is 0 Å². The Bertz CT molecular complexity index is 419. The quantitative estimate of drug-likeness (QED) is 0.484. The van der Waals surface area contributed by atoms with Gasteiger partial charge in [0.2, 0.25) is 0 Å². The third-order valence-electron chi connectivity index (χ3n) is 10.5. The van der Waals surface area contributed by atoms with Crippen LogP contribution in [0, 0.1) is 59.2 Å². The SMILES string of the molecule is CO[Si](OC)(C1C(C)C(C)C(C)C(C)C1C)C1C(C)C(C)C(C)C(C)C1C. The number of hydrogen-bond acceptors (Lipinski definition) is 2. The second kappa shape index (κ2) is 8.48. The van der Waals surface area contributed by atoms with Gasteiger partial charge >= 0.3 is 8.56 Å². The maximum atomic E-state index is 6.63. The van der Waals surface area contributed by atoms with E-state index in [0.717, 1.165) is 35.5 Å². The first-order valence-electron chi connectivity index (χ1n) is 11.6. The van der Waals surface area contributed by atoms with Crippen molar-refractivity contribution >= 4 is 8.56 Å². The van der Waals surface area contributed by atoms with Crippen molar-refractivity contribution < 1.29 is 8.85 Å². The smallest absolute Gasteiger partial charge is 0.345 e. The van der Waals surface area contributed by atoms with Crippen LogP contribution in [0.1, 0.15) is 69.2 Å². The lowest BCUT2D eigenvalue weighted by molar-refractivity contribution is 0.0249. The summed E-state index contributed by atoms with van der Waals surface area (Å²) in [6.45, 7) is 24.7. The van der Waals surface area contributed by atoms with E-state index in [-0.39, 0.29) is 0 Å². The van der Waals surface area contributed by atoms with E-state index in [1.54, 1.807) is 0 Å². The minimum absolute atomic E-state index is 0.566. The van der Waals surface area contributed by atoms with Gasteiger partial charge in [-0.25, -0.2) is 0 Å². The molecule has 8 atom stereocenters. The molecule has 2 saturated carbocycles. The molecular weight excluding hydrogens is 348 g/mol. The Hall–Kier alpha value is 0.137. The van der Waals surface area contributed by atoms with Crippen molar-refractivity contribution in [2.24, 2.45) is 59.2 Å². The topological polar surface area (TPSA) is 18.5 Å². The van der Waals surface area contributed by atoms with Gasteiger partial charge in [0.25, 0.3) is 0 Å². The van der Waals surface area contributed by atoms with Crippen molar-refractivity contribution in [2.45, 2.75) is 80.3 Å². The van der Waals surface area contributed by atoms with Gasteiger partial charge in [-0.3, -0.25) is 0 Å². The highest BCUT2D eigenvalue weighted by molar-refractivity contribution is 6.70. The summed E-state index contributed by atoms with van der Waals surface area (Å²) in [6.07, 6.45) is 0. The molecule has 0 radical (unpaired) electrons. The zero-order valence-corrected chi connectivity index (χ0v) is 21.2. The Morgan fingerprint density at radius 1 is 0.370 bits per heavy atom. The molecule has 0 bridgehead atoms. The molecule has 0 N–H and O–H groups in total. The van der Waals surface area contributed by atoms with E-state index < -0.39 is 8.56 Å². The van der Waals surface area contributed by atoms with Crippen LogP contribution < -0.4 is 0 Å². The Labute approximate surface area is 171 Å². The van der Waals surface area contributed by atoms with Gasteiger partial charge in [0.1, 0.15) is 0 Å². The van der Waals surface area contributed by atoms with Crippen LogP contribution in [0.2, 0.25) is 11.1 Å². The molecule has 2 rings (SSSR count). The van der Waals surface area contributed by atoms with E-state index in [1.807, 2.05) is 14.2 Å². The minimum atomic E-state index is -2.42. The van der Waals surface area contributed by atoms with Gasteiger partial charge in [0, 0.05) is 25.3 Å². The highest BCUT2D eigenvalue weighted by Crippen LogP contribution is 2.61. The van der Waals surface area contributed by atoms with Crippen LogP contribution in [0.4, 0.5) is 0 Å². The molecule has 0 aliphatic heterocycles. The average molecular weight is 397 g/mol. The van der Waals surface area contributed by atoms with Gasteiger partial charge in [-0.2, -0.15) is 0 Å². The monoisotopic (exact) mass is 396 g/mol. The third-order valence-corrected chi connectivity index (χ3v) is 15.7. The summed E-state index contributed by atoms with van der Waals surface area (Å²) in [4.78, 5) is 0. The normalized spacial score (nSPS) is 52.0. The van der Waals surface area contributed by atoms with Crippen LogP contribution in [0.25, 0.3) is 0 Å². The van der Waals surface area contributed by atoms with Gasteiger partial charge in [0.15, 0.2) is 0 Å². The summed E-state index contributed by atoms with van der Waals surface area (Å²) < 4.78 is 13.3. The molecule has 2 aliphatic rings. The summed E-state index contributed by atoms with van der Waals surface area (Å²) in [5, 5.41) is 0. The predicted octanol–water partition coefficient (Wildman–Crippen LogP) is 6.85. The van der Waals surface area contributed by atoms with Crippen molar-refractivity contribution in [3.63, 3.8) is 0 Å². The minimum Gasteiger partial charge on any atom is -0.397 e. The molecule has 2 nitrogen and oxygen atoms in total. The maximum absolute atomic E-state index is 6.63. The van der Waals surface area contributed by atoms with Gasteiger partial charge < -0.3 is 8.85 Å². The standard InChI is InChI=1S/C24H48O2Si/c1-13-15(3)19(7)23(20(8)16(13)4)27(25-11,26-12)24-21(9)17(5)14(2)18(6)22(24)10/h13-24H,1-12H3. The Balaban J connectivity index is 2.56. The zero-order valence-electron chi connectivity index (χ0n) is 20.2. The molecule has 160 valence electrons. The molecule has 27 heavy (non-hydrogen) atoms. The first-order chi connectivity index (χ1) is 12.5. The highest BCUT2D eigenvalue weighted by Gasteiger charge is 2.63. The molecule has 3 heteroatoms. The summed E-state index contributed by atoms with van der Waals surface area (Å²) in [6, 6.07) is 0. The second-order valence-corrected chi connectivity index (χ2v) is 14.4. The molecule has 0 heterocycles. The van der Waals surface area contributed by atoms with E-state index in [9.17, 15) is 0 Å². The van der Waals surface area contributed by atoms with Crippen LogP contribution >= 0.6 is 0 Å². The molecular formula is C24H48O2Si. The van der Waals surface area contributed by atoms with Gasteiger partial charge in [-0.05, 0) is 59.2 Å². The predicted molar refractivity (Wildman–Crippen MR) is 119 cm³/mol. The lowest BCUT2D eigenvalue weighted by Gasteiger charge is -2.58. The maximum Gasteiger partial charge on any atom is 0.345 e. The molecule has 0 amide bonds. The lowest BCUT2D eigenvalue weighted by Crippen LogP contribution is -2.62. The number of rotatable bonds is 4. The summed E-state index contributed by atoms with van der Waals surface area (Å²) >= 11 is 0. The molecule has 8 unspecified atom stereocenters. The molecule has 0 spiro atoms. The fourth-order valence-corrected chi connectivity index (χ4v) is 13.3. The fraction of sp³-hybridized carbons (Fsp3) is 1.00. The zero-order chi connectivity index (χ0) is 20.8. The van der Waals surface area contributed by atoms with Gasteiger partial charge in [-0.15, -0.1) is 0 Å². The van der Waals surface area contributed by atoms with Crippen LogP contribution in [0.3, 0.4) is 0 Å². The van der Waals surface area contributed by atoms with E-state index in [2.05, 4.69) is 69.2 Å². The fourth-order valence-electron chi connectivity index (χ4n) is 7.45. The van der Waals surface area contributed by atoms with E-state index in [1.165, 1.54) is 0 Å². The van der Waals surface area contributed by atoms with Crippen LogP contribution in [-0.2, 0) is 8.85 Å². The summed E-state index contributed by atoms with van der Waals surface area (Å²) in [7, 11) is 1.51. The third kappa shape index (κ3) is 3.48. The van der Waals surface area contributed by atoms with Crippen LogP contribution in [0.15, 0.2) is 0 Å². The van der Waals surface area contributed by atoms with Crippen molar-refractivity contribution in [1.29, 1.82) is 0 Å². The van der Waals surface area contributed by atoms with Crippen LogP contribution in [-0.4, -0.2) is 22.8 Å². The first kappa shape index (κ1) is 23.4. The number of hydrogen-bond donors (Lipinski definition) is 0. The van der Waals surface area contributed by atoms with Gasteiger partial charge in [-0.1, -0.05) is 69.2 Å². The molecule has 2 aliphatic carbocycles. The highest BCUT2D eigenvalue weighted by atomic mass is 28.4. The molecule has 0 aromatic carbocycles. The summed E-state index contributed by atoms with van der Waals surface area (Å²) in [5.41, 5.74) is 1.13. The van der Waals surface area contributed by atoms with Crippen molar-refractivity contribution in [2.75, 3.05) is 14.2 Å². The van der Waals surface area contributed by atoms with Crippen molar-refractivity contribution in [3.8, 4) is 0 Å². The largest absolute Gasteiger partial charge is 0.397 e. The molecule has 0 aromatic rings. The Morgan fingerprint density at radius 2 is 0.556 bits per heavy atom. The average Bonchev–Trinajstić information content (AvgIpc) is 2.66. The molecule has 2 fully saturated rings. The van der Waals surface area contributed by atoms with E-state index in [4.69, 9.17) is 8.85 Å². The first-order valence-corrected chi connectivity index (χ1v) is 13.5. The summed E-state index contributed by atoms with van der Waals surface area (Å²) in [5.74, 6) is 7.05.